The molecule has 14 aromatic rings. The molecule has 2 heterocycles. The van der Waals surface area contributed by atoms with Crippen molar-refractivity contribution in [3.63, 3.8) is 0 Å². The molecule has 0 saturated carbocycles. The van der Waals surface area contributed by atoms with Crippen molar-refractivity contribution in [2.75, 3.05) is 4.90 Å². The van der Waals surface area contributed by atoms with Gasteiger partial charge >= 0.3 is 0 Å². The molecular weight excluding hydrogens is 861 g/mol. The Morgan fingerprint density at radius 2 is 0.958 bits per heavy atom. The van der Waals surface area contributed by atoms with E-state index >= 15 is 0 Å². The van der Waals surface area contributed by atoms with E-state index in [1.807, 2.05) is 133 Å². The largest absolute Gasteiger partial charge is 0.456 e. The molecule has 3 nitrogen and oxygen atoms in total. The summed E-state index contributed by atoms with van der Waals surface area (Å²) < 4.78 is 147. The molecule has 71 heavy (non-hydrogen) atoms. The molecular formula is C68H44N2O. The van der Waals surface area contributed by atoms with Gasteiger partial charge in [-0.05, 0) is 122 Å². The molecule has 332 valence electrons. The second kappa shape index (κ2) is 16.7. The van der Waals surface area contributed by atoms with Crippen molar-refractivity contribution in [3.05, 3.63) is 267 Å². The molecule has 2 aromatic heterocycles. The number of hydrogen-bond acceptors (Lipinski definition) is 2. The van der Waals surface area contributed by atoms with Gasteiger partial charge in [0.25, 0.3) is 0 Å². The molecule has 14 rings (SSSR count). The van der Waals surface area contributed by atoms with Gasteiger partial charge in [0.15, 0.2) is 0 Å². The maximum absolute atomic E-state index is 10.0. The van der Waals surface area contributed by atoms with Crippen molar-refractivity contribution in [1.82, 2.24) is 4.57 Å². The minimum absolute atomic E-state index is 0.199. The molecule has 0 N–H and O–H groups in total. The number of benzene rings is 12. The third-order valence-electron chi connectivity index (χ3n) is 13.2. The van der Waals surface area contributed by atoms with Crippen LogP contribution >= 0.6 is 0 Å². The van der Waals surface area contributed by atoms with Crippen molar-refractivity contribution in [1.29, 1.82) is 0 Å². The minimum atomic E-state index is -0.842. The Balaban J connectivity index is 0.985. The first-order chi connectivity index (χ1) is 41.5. The first-order valence-electron chi connectivity index (χ1n) is 30.6. The molecule has 0 unspecified atom stereocenters. The second-order valence-electron chi connectivity index (χ2n) is 17.2. The quantitative estimate of drug-likeness (QED) is 0.151. The topological polar surface area (TPSA) is 21.3 Å². The van der Waals surface area contributed by atoms with Gasteiger partial charge in [-0.25, -0.2) is 0 Å². The number of nitrogens with zero attached hydrogens (tertiary/aromatic N) is 2. The van der Waals surface area contributed by atoms with Crippen LogP contribution < -0.4 is 4.90 Å². The van der Waals surface area contributed by atoms with E-state index in [0.29, 0.717) is 28.1 Å². The van der Waals surface area contributed by atoms with Crippen LogP contribution in [0.2, 0.25) is 0 Å². The highest BCUT2D eigenvalue weighted by Gasteiger charge is 2.22. The summed E-state index contributed by atoms with van der Waals surface area (Å²) in [4.78, 5) is 1.66. The highest BCUT2D eigenvalue weighted by molar-refractivity contribution is 6.17. The van der Waals surface area contributed by atoms with Gasteiger partial charge in [-0.15, -0.1) is 0 Å². The molecule has 0 bridgehead atoms. The maximum Gasteiger partial charge on any atom is 0.136 e. The lowest BCUT2D eigenvalue weighted by molar-refractivity contribution is 0.669. The highest BCUT2D eigenvalue weighted by atomic mass is 16.3. The van der Waals surface area contributed by atoms with E-state index in [2.05, 4.69) is 47.0 Å². The van der Waals surface area contributed by atoms with E-state index < -0.39 is 124 Å². The van der Waals surface area contributed by atoms with Crippen molar-refractivity contribution >= 4 is 82.4 Å². The fourth-order valence-electron chi connectivity index (χ4n) is 10.0. The second-order valence-corrected chi connectivity index (χ2v) is 17.2. The van der Waals surface area contributed by atoms with Crippen LogP contribution in [0.1, 0.15) is 20.6 Å². The zero-order chi connectivity index (χ0) is 59.9. The van der Waals surface area contributed by atoms with Gasteiger partial charge in [-0.2, -0.15) is 0 Å². The monoisotopic (exact) mass is 919 g/mol. The maximum atomic E-state index is 10.0. The van der Waals surface area contributed by atoms with Gasteiger partial charge in [0.05, 0.1) is 43.0 Å². The molecule has 0 aliphatic carbocycles. The lowest BCUT2D eigenvalue weighted by Gasteiger charge is -2.28. The number of hydrogen-bond donors (Lipinski definition) is 0. The third-order valence-corrected chi connectivity index (χ3v) is 13.2. The summed E-state index contributed by atoms with van der Waals surface area (Å²) in [6, 6.07) is 46.5. The summed E-state index contributed by atoms with van der Waals surface area (Å²) in [7, 11) is 0. The van der Waals surface area contributed by atoms with Crippen LogP contribution in [0.4, 0.5) is 17.1 Å². The van der Waals surface area contributed by atoms with E-state index in [4.69, 9.17) is 14.0 Å². The predicted octanol–water partition coefficient (Wildman–Crippen LogP) is 19.1. The van der Waals surface area contributed by atoms with Crippen molar-refractivity contribution in [2.45, 2.75) is 0 Å². The Hall–Kier alpha value is -9.44. The summed E-state index contributed by atoms with van der Waals surface area (Å²) in [6.45, 7) is 0. The van der Waals surface area contributed by atoms with Crippen LogP contribution in [0.5, 0.6) is 0 Å². The fourth-order valence-corrected chi connectivity index (χ4v) is 10.0. The molecule has 3 heteroatoms. The Morgan fingerprint density at radius 3 is 1.73 bits per heavy atom. The van der Waals surface area contributed by atoms with Crippen LogP contribution in [0.3, 0.4) is 0 Å². The first-order valence-corrected chi connectivity index (χ1v) is 23.1. The number of anilines is 3. The van der Waals surface area contributed by atoms with Crippen molar-refractivity contribution < 1.29 is 25.0 Å². The molecule has 12 aromatic carbocycles. The van der Waals surface area contributed by atoms with Gasteiger partial charge in [-0.3, -0.25) is 0 Å². The lowest BCUT2D eigenvalue weighted by Crippen LogP contribution is -2.11. The number of fused-ring (bicyclic) bond motifs is 8. The fraction of sp³-hybridized carbons (Fsp3) is 0. The molecule has 0 spiro atoms. The molecule has 0 atom stereocenters. The van der Waals surface area contributed by atoms with Gasteiger partial charge in [0.2, 0.25) is 0 Å². The average molecular weight is 920 g/mol. The third kappa shape index (κ3) is 6.82. The Morgan fingerprint density at radius 1 is 0.352 bits per heavy atom. The summed E-state index contributed by atoms with van der Waals surface area (Å²) in [5.41, 5.74) is 5.82. The zero-order valence-corrected chi connectivity index (χ0v) is 37.5. The highest BCUT2D eigenvalue weighted by Crippen LogP contribution is 2.46. The Bertz CT molecular complexity index is 5150. The predicted molar refractivity (Wildman–Crippen MR) is 299 cm³/mol. The van der Waals surface area contributed by atoms with E-state index in [1.165, 1.54) is 0 Å². The van der Waals surface area contributed by atoms with Crippen LogP contribution in [0.15, 0.2) is 271 Å². The smallest absolute Gasteiger partial charge is 0.136 e. The normalized spacial score (nSPS) is 14.6. The van der Waals surface area contributed by atoms with Gasteiger partial charge in [0, 0.05) is 44.0 Å². The van der Waals surface area contributed by atoms with Crippen molar-refractivity contribution in [3.8, 4) is 50.2 Å². The van der Waals surface area contributed by atoms with Gasteiger partial charge < -0.3 is 13.9 Å². The Labute approximate surface area is 432 Å². The number of aromatic nitrogens is 1. The molecule has 0 amide bonds. The number of rotatable bonds is 8. The summed E-state index contributed by atoms with van der Waals surface area (Å²) in [5.74, 6) is 0. The van der Waals surface area contributed by atoms with Crippen LogP contribution in [0.25, 0.3) is 115 Å². The Kier molecular flexibility index (Phi) is 6.60. The summed E-state index contributed by atoms with van der Waals surface area (Å²) >= 11 is 0. The van der Waals surface area contributed by atoms with Crippen LogP contribution in [-0.4, -0.2) is 4.57 Å². The summed E-state index contributed by atoms with van der Waals surface area (Å²) in [6.07, 6.45) is 0. The molecule has 0 aliphatic heterocycles. The molecule has 0 saturated heterocycles. The van der Waals surface area contributed by atoms with Gasteiger partial charge in [0.1, 0.15) is 11.2 Å². The first kappa shape index (κ1) is 28.1. The number of para-hydroxylation sites is 4. The average Bonchev–Trinajstić information content (AvgIpc) is 0.977. The lowest BCUT2D eigenvalue weighted by atomic mass is 9.95. The van der Waals surface area contributed by atoms with E-state index in [-0.39, 0.29) is 5.69 Å². The number of furan rings is 1. The SMILES string of the molecule is [2H]c1c([2H])c(-c2c([2H])c([2H])c([2H])c3c([2H])c([2H])c([2H])c([2H])c23)c([2H])c([2H])c1-c1c([2H])c([2H])c(N(c2ccc(-c3ccccc3-n3c4ccccc4c4ccccc43)cc2)c2ccccc2-c2cccc3oc4cc5ccccc5cc4c23)c([2H])c1[2H]. The minimum Gasteiger partial charge on any atom is -0.456 e. The molecule has 0 fully saturated rings. The van der Waals surface area contributed by atoms with Crippen LogP contribution in [-0.2, 0) is 0 Å². The molecule has 0 radical (unpaired) electrons. The van der Waals surface area contributed by atoms with Crippen LogP contribution in [0, 0.1) is 0 Å². The standard InChI is InChI=1S/C68H44N2O/c1-2-17-51-44-67-61(43-50(51)16-1)68-60(25-14-30-66(68)71-67)59-23-8-10-27-63(59)69(52-39-35-46(36-40-52)45-31-33-48(34-32-45)55-24-13-18-47-15-3-4-19-54(47)55)53-41-37-49(38-42-53)56-20-5-9-26-62(56)70-64-28-11-6-21-57(64)58-22-7-12-29-65(58)70/h1-44H/i3D,4D,13D,15D,18D,19D,24D,31D,32D,33D,34D,35D,36D,39D,40D. The van der Waals surface area contributed by atoms with E-state index in [9.17, 15) is 11.0 Å². The van der Waals surface area contributed by atoms with Crippen molar-refractivity contribution in [2.24, 2.45) is 0 Å². The van der Waals surface area contributed by atoms with E-state index in [1.54, 1.807) is 4.90 Å². The van der Waals surface area contributed by atoms with Gasteiger partial charge in [-0.1, -0.05) is 200 Å². The van der Waals surface area contributed by atoms with E-state index in [0.717, 1.165) is 65.7 Å². The zero-order valence-electron chi connectivity index (χ0n) is 52.5. The summed E-state index contributed by atoms with van der Waals surface area (Å²) in [5, 5.41) is 4.97. The molecule has 0 aliphatic rings.